The Labute approximate surface area is 185 Å². The highest BCUT2D eigenvalue weighted by Crippen LogP contribution is 2.28. The highest BCUT2D eigenvalue weighted by Gasteiger charge is 2.34. The van der Waals surface area contributed by atoms with Crippen LogP contribution in [0.15, 0.2) is 48.8 Å². The van der Waals surface area contributed by atoms with Crippen LogP contribution in [-0.2, 0) is 13.5 Å². The molecule has 9 heteroatoms. The molecule has 0 radical (unpaired) electrons. The standard InChI is InChI=1S/C22H26N6O2S/c1-26-11-10-18(24-26)21(29)27(2)20(14-16-6-4-3-5-7-16)17-8-12-28(13-9-17)22(30)19-15-23-31-25-19/h3-7,10-11,15,17,20H,8-9,12-14H2,1-2H3. The van der Waals surface area contributed by atoms with Crippen LogP contribution >= 0.6 is 11.7 Å². The van der Waals surface area contributed by atoms with Crippen LogP contribution in [0, 0.1) is 5.92 Å². The fourth-order valence-corrected chi connectivity index (χ4v) is 4.65. The zero-order chi connectivity index (χ0) is 21.8. The second kappa shape index (κ2) is 9.38. The summed E-state index contributed by atoms with van der Waals surface area (Å²) in [7, 11) is 3.67. The Morgan fingerprint density at radius 3 is 2.52 bits per heavy atom. The van der Waals surface area contributed by atoms with Gasteiger partial charge < -0.3 is 9.80 Å². The van der Waals surface area contributed by atoms with E-state index in [4.69, 9.17) is 0 Å². The van der Waals surface area contributed by atoms with E-state index in [9.17, 15) is 9.59 Å². The molecule has 3 heterocycles. The van der Waals surface area contributed by atoms with E-state index in [1.54, 1.807) is 16.9 Å². The van der Waals surface area contributed by atoms with E-state index in [1.807, 2.05) is 42.1 Å². The van der Waals surface area contributed by atoms with E-state index in [2.05, 4.69) is 26.0 Å². The van der Waals surface area contributed by atoms with Gasteiger partial charge in [0, 0.05) is 39.4 Å². The number of likely N-dealkylation sites (tertiary alicyclic amines) is 1. The van der Waals surface area contributed by atoms with Crippen LogP contribution in [-0.4, -0.2) is 66.3 Å². The largest absolute Gasteiger partial charge is 0.337 e. The van der Waals surface area contributed by atoms with Crippen molar-refractivity contribution in [1.29, 1.82) is 0 Å². The first-order valence-corrected chi connectivity index (χ1v) is 11.1. The van der Waals surface area contributed by atoms with Crippen LogP contribution in [0.2, 0.25) is 0 Å². The molecule has 0 spiro atoms. The first kappa shape index (κ1) is 21.2. The molecule has 162 valence electrons. The van der Waals surface area contributed by atoms with Gasteiger partial charge in [0.1, 0.15) is 5.69 Å². The van der Waals surface area contributed by atoms with Crippen LogP contribution in [0.5, 0.6) is 0 Å². The molecule has 1 atom stereocenters. The number of benzene rings is 1. The number of nitrogens with zero attached hydrogens (tertiary/aromatic N) is 6. The van der Waals surface area contributed by atoms with Crippen molar-refractivity contribution < 1.29 is 9.59 Å². The van der Waals surface area contributed by atoms with Gasteiger partial charge in [0.2, 0.25) is 0 Å². The minimum atomic E-state index is -0.0754. The van der Waals surface area contributed by atoms with E-state index in [0.717, 1.165) is 31.0 Å². The lowest BCUT2D eigenvalue weighted by Gasteiger charge is -2.39. The van der Waals surface area contributed by atoms with Gasteiger partial charge in [0.25, 0.3) is 11.8 Å². The van der Waals surface area contributed by atoms with Crippen molar-refractivity contribution in [2.75, 3.05) is 20.1 Å². The molecule has 1 aliphatic heterocycles. The number of carbonyl (C=O) groups is 2. The first-order valence-electron chi connectivity index (χ1n) is 10.4. The fourth-order valence-electron chi connectivity index (χ4n) is 4.24. The Kier molecular flexibility index (Phi) is 6.41. The van der Waals surface area contributed by atoms with Gasteiger partial charge in [-0.1, -0.05) is 30.3 Å². The molecule has 0 aliphatic carbocycles. The van der Waals surface area contributed by atoms with Crippen LogP contribution in [0.25, 0.3) is 0 Å². The van der Waals surface area contributed by atoms with E-state index in [-0.39, 0.29) is 23.8 Å². The van der Waals surface area contributed by atoms with Crippen molar-refractivity contribution in [3.63, 3.8) is 0 Å². The number of rotatable bonds is 6. The van der Waals surface area contributed by atoms with Gasteiger partial charge in [-0.05, 0) is 36.8 Å². The molecule has 1 aliphatic rings. The summed E-state index contributed by atoms with van der Waals surface area (Å²) >= 11 is 1.05. The number of hydrogen-bond acceptors (Lipinski definition) is 6. The monoisotopic (exact) mass is 438 g/mol. The Morgan fingerprint density at radius 2 is 1.90 bits per heavy atom. The molecular weight excluding hydrogens is 412 g/mol. The number of carbonyl (C=O) groups excluding carboxylic acids is 2. The fraction of sp³-hybridized carbons (Fsp3) is 0.409. The number of piperidine rings is 1. The molecule has 0 saturated carbocycles. The smallest absolute Gasteiger partial charge is 0.275 e. The third kappa shape index (κ3) is 4.82. The molecule has 4 rings (SSSR count). The molecule has 1 aromatic carbocycles. The summed E-state index contributed by atoms with van der Waals surface area (Å²) in [5.74, 6) is 0.147. The third-order valence-electron chi connectivity index (χ3n) is 5.99. The number of hydrogen-bond donors (Lipinski definition) is 0. The van der Waals surface area contributed by atoms with Crippen molar-refractivity contribution in [2.24, 2.45) is 13.0 Å². The predicted molar refractivity (Wildman–Crippen MR) is 118 cm³/mol. The minimum absolute atomic E-state index is 0.0232. The SMILES string of the molecule is CN(C(=O)c1ccn(C)n1)C(Cc1ccccc1)C1CCN(C(=O)c2cnsn2)CC1. The molecule has 1 fully saturated rings. The lowest BCUT2D eigenvalue weighted by Crippen LogP contribution is -2.48. The van der Waals surface area contributed by atoms with E-state index < -0.39 is 0 Å². The molecular formula is C22H26N6O2S. The maximum atomic E-state index is 13.1. The molecule has 1 unspecified atom stereocenters. The number of aryl methyl sites for hydroxylation is 1. The predicted octanol–water partition coefficient (Wildman–Crippen LogP) is 2.51. The average molecular weight is 439 g/mol. The Hall–Kier alpha value is -3.07. The molecule has 0 bridgehead atoms. The third-order valence-corrected chi connectivity index (χ3v) is 6.47. The maximum absolute atomic E-state index is 13.1. The molecule has 1 saturated heterocycles. The van der Waals surface area contributed by atoms with Gasteiger partial charge in [-0.2, -0.15) is 13.8 Å². The minimum Gasteiger partial charge on any atom is -0.337 e. The average Bonchev–Trinajstić information content (AvgIpc) is 3.49. The van der Waals surface area contributed by atoms with Gasteiger partial charge in [0.05, 0.1) is 17.9 Å². The summed E-state index contributed by atoms with van der Waals surface area (Å²) in [5.41, 5.74) is 2.05. The Bertz CT molecular complexity index is 1010. The lowest BCUT2D eigenvalue weighted by molar-refractivity contribution is 0.0516. The topological polar surface area (TPSA) is 84.2 Å². The zero-order valence-corrected chi connectivity index (χ0v) is 18.5. The van der Waals surface area contributed by atoms with E-state index in [0.29, 0.717) is 24.5 Å². The van der Waals surface area contributed by atoms with Crippen LogP contribution in [0.3, 0.4) is 0 Å². The molecule has 31 heavy (non-hydrogen) atoms. The molecule has 2 amide bonds. The molecule has 3 aromatic rings. The second-order valence-electron chi connectivity index (χ2n) is 7.97. The summed E-state index contributed by atoms with van der Waals surface area (Å²) in [4.78, 5) is 29.4. The summed E-state index contributed by atoms with van der Waals surface area (Å²) in [5, 5.41) is 4.29. The summed E-state index contributed by atoms with van der Waals surface area (Å²) in [6.07, 6.45) is 5.74. The van der Waals surface area contributed by atoms with Gasteiger partial charge in [-0.3, -0.25) is 14.3 Å². The van der Waals surface area contributed by atoms with Gasteiger partial charge in [-0.15, -0.1) is 0 Å². The molecule has 2 aromatic heterocycles. The van der Waals surface area contributed by atoms with E-state index in [1.165, 1.54) is 11.8 Å². The number of amides is 2. The number of aromatic nitrogens is 4. The number of likely N-dealkylation sites (N-methyl/N-ethyl adjacent to an activating group) is 1. The van der Waals surface area contributed by atoms with Crippen LogP contribution in [0.4, 0.5) is 0 Å². The van der Waals surface area contributed by atoms with Gasteiger partial charge in [0.15, 0.2) is 5.69 Å². The van der Waals surface area contributed by atoms with E-state index >= 15 is 0 Å². The first-order chi connectivity index (χ1) is 15.0. The lowest BCUT2D eigenvalue weighted by atomic mass is 9.84. The van der Waals surface area contributed by atoms with Crippen molar-refractivity contribution in [2.45, 2.75) is 25.3 Å². The van der Waals surface area contributed by atoms with Crippen molar-refractivity contribution in [3.05, 3.63) is 65.7 Å². The highest BCUT2D eigenvalue weighted by atomic mass is 32.1. The summed E-state index contributed by atoms with van der Waals surface area (Å²) < 4.78 is 9.64. The summed E-state index contributed by atoms with van der Waals surface area (Å²) in [6, 6.07) is 12.0. The Balaban J connectivity index is 1.49. The van der Waals surface area contributed by atoms with Crippen LogP contribution in [0.1, 0.15) is 39.4 Å². The maximum Gasteiger partial charge on any atom is 0.275 e. The summed E-state index contributed by atoms with van der Waals surface area (Å²) in [6.45, 7) is 1.30. The van der Waals surface area contributed by atoms with Crippen molar-refractivity contribution in [3.8, 4) is 0 Å². The molecule has 8 nitrogen and oxygen atoms in total. The highest BCUT2D eigenvalue weighted by molar-refractivity contribution is 6.99. The van der Waals surface area contributed by atoms with Gasteiger partial charge in [-0.25, -0.2) is 0 Å². The van der Waals surface area contributed by atoms with Crippen molar-refractivity contribution in [1.82, 2.24) is 28.3 Å². The normalized spacial score (nSPS) is 15.6. The Morgan fingerprint density at radius 1 is 1.16 bits per heavy atom. The quantitative estimate of drug-likeness (QED) is 0.590. The van der Waals surface area contributed by atoms with Crippen LogP contribution < -0.4 is 0 Å². The van der Waals surface area contributed by atoms with Gasteiger partial charge >= 0.3 is 0 Å². The second-order valence-corrected chi connectivity index (χ2v) is 8.53. The molecule has 0 N–H and O–H groups in total. The van der Waals surface area contributed by atoms with Crippen molar-refractivity contribution >= 4 is 23.5 Å². The zero-order valence-electron chi connectivity index (χ0n) is 17.7.